The highest BCUT2D eigenvalue weighted by Gasteiger charge is 1.92. The van der Waals surface area contributed by atoms with Gasteiger partial charge in [-0.15, -0.1) is 0 Å². The molecule has 0 aromatic rings. The zero-order valence-corrected chi connectivity index (χ0v) is 3.61. The van der Waals surface area contributed by atoms with Gasteiger partial charge in [0.1, 0.15) is 13.2 Å². The Morgan fingerprint density at radius 2 is 2.67 bits per heavy atom. The molecule has 1 aliphatic heterocycles. The van der Waals surface area contributed by atoms with Gasteiger partial charge in [-0.25, -0.2) is 4.99 Å². The lowest BCUT2D eigenvalue weighted by atomic mass is 10.6. The Hall–Kier alpha value is -0.370. The largest absolute Gasteiger partial charge is 0.365 e. The van der Waals surface area contributed by atoms with Crippen LogP contribution in [0.15, 0.2) is 0 Å². The summed E-state index contributed by atoms with van der Waals surface area (Å²) in [5.74, 6) is 0. The van der Waals surface area contributed by atoms with Gasteiger partial charge in [-0.2, -0.15) is 0 Å². The summed E-state index contributed by atoms with van der Waals surface area (Å²) in [6.07, 6.45) is 1.92. The normalized spacial score (nSPS) is 21.3. The maximum atomic E-state index is 4.95. The van der Waals surface area contributed by atoms with Crippen molar-refractivity contribution in [3.8, 4) is 0 Å². The Labute approximate surface area is 36.8 Å². The fourth-order valence-electron chi connectivity index (χ4n) is 0.434. The third-order valence-electron chi connectivity index (χ3n) is 0.736. The molecule has 0 atom stereocenters. The Morgan fingerprint density at radius 3 is 2.83 bits per heavy atom. The Balaban J connectivity index is 2.26. The van der Waals surface area contributed by atoms with E-state index in [0.717, 1.165) is 19.8 Å². The molecular weight excluding hydrogens is 78.0 g/mol. The lowest BCUT2D eigenvalue weighted by Gasteiger charge is -1.95. The van der Waals surface area contributed by atoms with Gasteiger partial charge in [-0.1, -0.05) is 0 Å². The quantitative estimate of drug-likeness (QED) is 0.368. The smallest absolute Gasteiger partial charge is 0.164 e. The van der Waals surface area contributed by atoms with Gasteiger partial charge in [0.25, 0.3) is 0 Å². The van der Waals surface area contributed by atoms with Crippen LogP contribution in [0.3, 0.4) is 0 Å². The average molecular weight is 86.1 g/mol. The maximum absolute atomic E-state index is 4.95. The van der Waals surface area contributed by atoms with Crippen molar-refractivity contribution in [1.82, 2.24) is 0 Å². The summed E-state index contributed by atoms with van der Waals surface area (Å²) in [7, 11) is 0. The molecule has 2 nitrogen and oxygen atoms in total. The maximum Gasteiger partial charge on any atom is 0.164 e. The van der Waals surface area contributed by atoms with Crippen molar-refractivity contribution in [2.75, 3.05) is 19.8 Å². The molecule has 0 amide bonds. The van der Waals surface area contributed by atoms with E-state index in [0.29, 0.717) is 0 Å². The van der Waals surface area contributed by atoms with E-state index in [1.165, 1.54) is 0 Å². The molecule has 0 aromatic carbocycles. The highest BCUT2D eigenvalue weighted by molar-refractivity contribution is 5.51. The van der Waals surface area contributed by atoms with Gasteiger partial charge < -0.3 is 4.74 Å². The van der Waals surface area contributed by atoms with E-state index in [9.17, 15) is 0 Å². The summed E-state index contributed by atoms with van der Waals surface area (Å²) in [5, 5.41) is 0. The minimum absolute atomic E-state index is 0.764. The second kappa shape index (κ2) is 1.92. The van der Waals surface area contributed by atoms with Crippen molar-refractivity contribution < 1.29 is 9.73 Å². The monoisotopic (exact) mass is 86.1 g/mol. The summed E-state index contributed by atoms with van der Waals surface area (Å²) in [6.45, 7) is 2.59. The molecule has 6 heavy (non-hydrogen) atoms. The highest BCUT2D eigenvalue weighted by Crippen LogP contribution is 1.65. The number of hydrogen-bond donors (Lipinski definition) is 1. The Bertz CT molecular complexity index is 52.6. The Kier molecular flexibility index (Phi) is 1.22. The zero-order chi connectivity index (χ0) is 4.24. The van der Waals surface area contributed by atoms with Gasteiger partial charge in [0.05, 0.1) is 0 Å². The summed E-state index contributed by atoms with van der Waals surface area (Å²) in [5.41, 5.74) is 0. The minimum Gasteiger partial charge on any atom is -0.365 e. The van der Waals surface area contributed by atoms with Crippen molar-refractivity contribution in [2.24, 2.45) is 0 Å². The van der Waals surface area contributed by atoms with Gasteiger partial charge in [-0.05, 0) is 0 Å². The van der Waals surface area contributed by atoms with Crippen LogP contribution in [-0.4, -0.2) is 26.0 Å². The van der Waals surface area contributed by atoms with Crippen molar-refractivity contribution in [2.45, 2.75) is 0 Å². The van der Waals surface area contributed by atoms with Crippen LogP contribution < -0.4 is 4.99 Å². The van der Waals surface area contributed by atoms with Gasteiger partial charge in [0.15, 0.2) is 12.8 Å². The number of hydrogen-bond acceptors (Lipinski definition) is 1. The first kappa shape index (κ1) is 3.81. The highest BCUT2D eigenvalue weighted by atomic mass is 16.5. The second-order valence-corrected chi connectivity index (χ2v) is 1.23. The van der Waals surface area contributed by atoms with Gasteiger partial charge in [0.2, 0.25) is 0 Å². The summed E-state index contributed by atoms with van der Waals surface area (Å²) in [6, 6.07) is 0. The first-order valence-corrected chi connectivity index (χ1v) is 2.13. The second-order valence-electron chi connectivity index (χ2n) is 1.23. The number of nitrogens with one attached hydrogen (secondary N) is 1. The predicted octanol–water partition coefficient (Wildman–Crippen LogP) is -1.83. The molecular formula is C4H8NO+. The van der Waals surface area contributed by atoms with E-state index in [1.54, 1.807) is 0 Å². The summed E-state index contributed by atoms with van der Waals surface area (Å²) in [4.78, 5) is 3.03. The molecule has 1 rings (SSSR count). The van der Waals surface area contributed by atoms with Crippen molar-refractivity contribution in [3.05, 3.63) is 0 Å². The van der Waals surface area contributed by atoms with Crippen LogP contribution in [0, 0.1) is 0 Å². The van der Waals surface area contributed by atoms with Crippen LogP contribution in [0.2, 0.25) is 0 Å². The predicted molar refractivity (Wildman–Crippen MR) is 22.7 cm³/mol. The van der Waals surface area contributed by atoms with E-state index < -0.39 is 0 Å². The molecule has 0 saturated carbocycles. The number of ether oxygens (including phenoxy) is 1. The van der Waals surface area contributed by atoms with Gasteiger partial charge in [0, 0.05) is 0 Å². The van der Waals surface area contributed by atoms with E-state index in [1.807, 2.05) is 6.21 Å². The molecule has 1 heterocycles. The topological polar surface area (TPSA) is 23.2 Å². The zero-order valence-electron chi connectivity index (χ0n) is 3.61. The first-order valence-electron chi connectivity index (χ1n) is 2.13. The standard InChI is InChI=1S/C4H7NO/c1-3-6-4-2-5-1/h1H,2-4H2/p+1. The molecule has 1 N–H and O–H groups in total. The fourth-order valence-corrected chi connectivity index (χ4v) is 0.434. The number of rotatable bonds is 0. The van der Waals surface area contributed by atoms with Crippen molar-refractivity contribution in [1.29, 1.82) is 0 Å². The third-order valence-corrected chi connectivity index (χ3v) is 0.736. The summed E-state index contributed by atoms with van der Waals surface area (Å²) >= 11 is 0. The molecule has 0 bridgehead atoms. The minimum atomic E-state index is 0.764. The third kappa shape index (κ3) is 0.792. The molecule has 0 aromatic heterocycles. The van der Waals surface area contributed by atoms with Crippen LogP contribution in [0.5, 0.6) is 0 Å². The van der Waals surface area contributed by atoms with Crippen LogP contribution in [0.4, 0.5) is 0 Å². The van der Waals surface area contributed by atoms with Crippen LogP contribution in [0.1, 0.15) is 0 Å². The molecule has 0 saturated heterocycles. The fraction of sp³-hybridized carbons (Fsp3) is 0.750. The average Bonchev–Trinajstić information content (AvgIpc) is 1.72. The molecule has 0 unspecified atom stereocenters. The lowest BCUT2D eigenvalue weighted by Crippen LogP contribution is -2.72. The molecule has 0 radical (unpaired) electrons. The van der Waals surface area contributed by atoms with E-state index in [-0.39, 0.29) is 0 Å². The van der Waals surface area contributed by atoms with E-state index >= 15 is 0 Å². The Morgan fingerprint density at radius 1 is 1.67 bits per heavy atom. The molecule has 0 spiro atoms. The van der Waals surface area contributed by atoms with Crippen LogP contribution >= 0.6 is 0 Å². The van der Waals surface area contributed by atoms with Crippen LogP contribution in [0.25, 0.3) is 0 Å². The first-order chi connectivity index (χ1) is 3.00. The molecule has 1 aliphatic rings. The van der Waals surface area contributed by atoms with Crippen molar-refractivity contribution in [3.63, 3.8) is 0 Å². The SMILES string of the molecule is C1=[NH+]CCOC1. The van der Waals surface area contributed by atoms with Gasteiger partial charge >= 0.3 is 0 Å². The lowest BCUT2D eigenvalue weighted by molar-refractivity contribution is -0.466. The molecule has 2 heteroatoms. The van der Waals surface area contributed by atoms with E-state index in [4.69, 9.17) is 4.74 Å². The van der Waals surface area contributed by atoms with Gasteiger partial charge in [-0.3, -0.25) is 0 Å². The van der Waals surface area contributed by atoms with Crippen LogP contribution in [-0.2, 0) is 4.74 Å². The van der Waals surface area contributed by atoms with Crippen molar-refractivity contribution >= 4 is 6.21 Å². The molecule has 0 fully saturated rings. The molecule has 0 aliphatic carbocycles. The molecule has 34 valence electrons. The van der Waals surface area contributed by atoms with E-state index in [2.05, 4.69) is 4.99 Å². The summed E-state index contributed by atoms with van der Waals surface area (Å²) < 4.78 is 4.95.